The SMILES string of the molecule is CC[C@H]1CN(C(=O)Nc2ccc(OC(F)F)cc2C)CCN1c1cc(N)nc2c1cnn2C. The van der Waals surface area contributed by atoms with Crippen LogP contribution in [0.4, 0.5) is 30.8 Å². The van der Waals surface area contributed by atoms with Gasteiger partial charge in [0.2, 0.25) is 0 Å². The van der Waals surface area contributed by atoms with E-state index in [0.29, 0.717) is 36.7 Å². The highest BCUT2D eigenvalue weighted by Crippen LogP contribution is 2.31. The van der Waals surface area contributed by atoms with E-state index in [4.69, 9.17) is 5.73 Å². The molecule has 176 valence electrons. The number of nitrogen functional groups attached to an aromatic ring is 1. The zero-order chi connectivity index (χ0) is 23.7. The van der Waals surface area contributed by atoms with Crippen molar-refractivity contribution in [2.75, 3.05) is 35.6 Å². The number of nitrogens with two attached hydrogens (primary N) is 1. The number of nitrogens with zero attached hydrogens (tertiary/aromatic N) is 5. The predicted molar refractivity (Wildman–Crippen MR) is 123 cm³/mol. The second kappa shape index (κ2) is 9.08. The van der Waals surface area contributed by atoms with E-state index in [1.54, 1.807) is 28.8 Å². The van der Waals surface area contributed by atoms with Crippen LogP contribution in [0.5, 0.6) is 5.75 Å². The number of halogens is 2. The van der Waals surface area contributed by atoms with Gasteiger partial charge in [0.15, 0.2) is 5.65 Å². The number of rotatable bonds is 5. The fourth-order valence-electron chi connectivity index (χ4n) is 4.21. The molecule has 0 spiro atoms. The third-order valence-electron chi connectivity index (χ3n) is 5.92. The maximum atomic E-state index is 13.0. The van der Waals surface area contributed by atoms with Gasteiger partial charge < -0.3 is 25.6 Å². The molecule has 1 atom stereocenters. The highest BCUT2D eigenvalue weighted by Gasteiger charge is 2.30. The zero-order valence-corrected chi connectivity index (χ0v) is 18.8. The van der Waals surface area contributed by atoms with Crippen molar-refractivity contribution in [1.82, 2.24) is 19.7 Å². The number of hydrogen-bond donors (Lipinski definition) is 2. The molecule has 3 aromatic rings. The largest absolute Gasteiger partial charge is 0.435 e. The summed E-state index contributed by atoms with van der Waals surface area (Å²) >= 11 is 0. The lowest BCUT2D eigenvalue weighted by atomic mass is 10.1. The smallest absolute Gasteiger partial charge is 0.387 e. The molecule has 2 aromatic heterocycles. The fraction of sp³-hybridized carbons (Fsp3) is 0.409. The molecule has 1 aromatic carbocycles. The number of amides is 2. The molecule has 1 aliphatic heterocycles. The van der Waals surface area contributed by atoms with Gasteiger partial charge in [-0.25, -0.2) is 9.78 Å². The molecular weight excluding hydrogens is 432 g/mol. The standard InChI is InChI=1S/C22H27F2N7O2/c1-4-14-12-30(22(32)27-17-6-5-15(9-13(17)2)33-21(23)24)7-8-31(14)18-10-19(25)28-20-16(18)11-26-29(20)3/h5-6,9-11,14,21H,4,7-8,12H2,1-3H3,(H2,25,28)(H,27,32)/t14-/m0/s1. The Morgan fingerprint density at radius 1 is 1.33 bits per heavy atom. The van der Waals surface area contributed by atoms with Crippen LogP contribution in [0, 0.1) is 6.92 Å². The molecule has 33 heavy (non-hydrogen) atoms. The van der Waals surface area contributed by atoms with Crippen LogP contribution in [-0.2, 0) is 7.05 Å². The Balaban J connectivity index is 1.49. The van der Waals surface area contributed by atoms with Crippen LogP contribution in [0.15, 0.2) is 30.5 Å². The van der Waals surface area contributed by atoms with Crippen molar-refractivity contribution in [3.63, 3.8) is 0 Å². The van der Waals surface area contributed by atoms with Gasteiger partial charge in [-0.3, -0.25) is 4.68 Å². The summed E-state index contributed by atoms with van der Waals surface area (Å²) in [7, 11) is 1.83. The molecule has 0 radical (unpaired) electrons. The number of carbonyl (C=O) groups is 1. The number of carbonyl (C=O) groups excluding carboxylic acids is 1. The average molecular weight is 460 g/mol. The lowest BCUT2D eigenvalue weighted by Gasteiger charge is -2.42. The molecule has 4 rings (SSSR count). The summed E-state index contributed by atoms with van der Waals surface area (Å²) < 4.78 is 31.0. The Morgan fingerprint density at radius 2 is 2.12 bits per heavy atom. The number of pyridine rings is 1. The number of alkyl halides is 2. The first-order valence-corrected chi connectivity index (χ1v) is 10.7. The van der Waals surface area contributed by atoms with Crippen molar-refractivity contribution in [3.05, 3.63) is 36.0 Å². The van der Waals surface area contributed by atoms with Gasteiger partial charge >= 0.3 is 12.6 Å². The minimum absolute atomic E-state index is 0.0542. The topological polar surface area (TPSA) is 102 Å². The third-order valence-corrected chi connectivity index (χ3v) is 5.92. The first-order chi connectivity index (χ1) is 15.8. The van der Waals surface area contributed by atoms with Crippen molar-refractivity contribution in [2.45, 2.75) is 32.9 Å². The minimum atomic E-state index is -2.89. The number of aromatic nitrogens is 3. The zero-order valence-electron chi connectivity index (χ0n) is 18.8. The number of anilines is 3. The van der Waals surface area contributed by atoms with Crippen LogP contribution in [0.1, 0.15) is 18.9 Å². The first-order valence-electron chi connectivity index (χ1n) is 10.7. The van der Waals surface area contributed by atoms with E-state index in [1.807, 2.05) is 13.1 Å². The number of piperazine rings is 1. The summed E-state index contributed by atoms with van der Waals surface area (Å²) in [4.78, 5) is 21.4. The third kappa shape index (κ3) is 4.62. The summed E-state index contributed by atoms with van der Waals surface area (Å²) in [5.41, 5.74) is 8.92. The monoisotopic (exact) mass is 459 g/mol. The number of hydrogen-bond acceptors (Lipinski definition) is 6. The van der Waals surface area contributed by atoms with Gasteiger partial charge in [-0.1, -0.05) is 6.92 Å². The Bertz CT molecular complexity index is 1170. The molecule has 1 saturated heterocycles. The van der Waals surface area contributed by atoms with E-state index >= 15 is 0 Å². The lowest BCUT2D eigenvalue weighted by molar-refractivity contribution is -0.0498. The van der Waals surface area contributed by atoms with Gasteiger partial charge in [-0.2, -0.15) is 13.9 Å². The highest BCUT2D eigenvalue weighted by atomic mass is 19.3. The Morgan fingerprint density at radius 3 is 2.82 bits per heavy atom. The van der Waals surface area contributed by atoms with Crippen molar-refractivity contribution in [3.8, 4) is 5.75 Å². The maximum Gasteiger partial charge on any atom is 0.387 e. The van der Waals surface area contributed by atoms with Crippen LogP contribution in [0.3, 0.4) is 0 Å². The van der Waals surface area contributed by atoms with Crippen molar-refractivity contribution in [1.29, 1.82) is 0 Å². The van der Waals surface area contributed by atoms with Gasteiger partial charge in [0.25, 0.3) is 0 Å². The van der Waals surface area contributed by atoms with Gasteiger partial charge in [-0.15, -0.1) is 0 Å². The van der Waals surface area contributed by atoms with Crippen LogP contribution in [0.25, 0.3) is 11.0 Å². The van der Waals surface area contributed by atoms with Crippen molar-refractivity contribution < 1.29 is 18.3 Å². The second-order valence-electron chi connectivity index (χ2n) is 8.06. The number of nitrogens with one attached hydrogen (secondary N) is 1. The Labute approximate surface area is 190 Å². The van der Waals surface area contributed by atoms with E-state index < -0.39 is 6.61 Å². The molecule has 2 amide bonds. The molecule has 3 N–H and O–H groups in total. The molecule has 0 saturated carbocycles. The van der Waals surface area contributed by atoms with E-state index in [0.717, 1.165) is 23.1 Å². The lowest BCUT2D eigenvalue weighted by Crippen LogP contribution is -2.55. The van der Waals surface area contributed by atoms with E-state index in [-0.39, 0.29) is 17.8 Å². The number of benzene rings is 1. The van der Waals surface area contributed by atoms with Crippen LogP contribution >= 0.6 is 0 Å². The summed E-state index contributed by atoms with van der Waals surface area (Å²) in [6.45, 7) is 2.58. The molecule has 9 nitrogen and oxygen atoms in total. The minimum Gasteiger partial charge on any atom is -0.435 e. The number of aryl methyl sites for hydroxylation is 2. The molecule has 0 bridgehead atoms. The fourth-order valence-corrected chi connectivity index (χ4v) is 4.21. The molecule has 0 unspecified atom stereocenters. The summed E-state index contributed by atoms with van der Waals surface area (Å²) in [6, 6.07) is 6.15. The Kier molecular flexibility index (Phi) is 6.21. The summed E-state index contributed by atoms with van der Waals surface area (Å²) in [6.07, 6.45) is 2.61. The molecule has 1 fully saturated rings. The van der Waals surface area contributed by atoms with E-state index in [9.17, 15) is 13.6 Å². The number of urea groups is 1. The van der Waals surface area contributed by atoms with Gasteiger partial charge in [-0.05, 0) is 37.1 Å². The average Bonchev–Trinajstić information content (AvgIpc) is 3.14. The van der Waals surface area contributed by atoms with Gasteiger partial charge in [0, 0.05) is 44.5 Å². The van der Waals surface area contributed by atoms with Crippen molar-refractivity contribution >= 4 is 34.3 Å². The van der Waals surface area contributed by atoms with E-state index in [2.05, 4.69) is 32.0 Å². The number of ether oxygens (including phenoxy) is 1. The molecule has 1 aliphatic rings. The van der Waals surface area contributed by atoms with Gasteiger partial charge in [0.1, 0.15) is 11.6 Å². The van der Waals surface area contributed by atoms with Crippen LogP contribution < -0.4 is 20.7 Å². The second-order valence-corrected chi connectivity index (χ2v) is 8.06. The van der Waals surface area contributed by atoms with Crippen LogP contribution in [-0.4, -0.2) is 58.0 Å². The van der Waals surface area contributed by atoms with Crippen molar-refractivity contribution in [2.24, 2.45) is 7.05 Å². The van der Waals surface area contributed by atoms with Gasteiger partial charge in [0.05, 0.1) is 17.3 Å². The molecule has 0 aliphatic carbocycles. The van der Waals surface area contributed by atoms with E-state index in [1.165, 1.54) is 12.1 Å². The quantitative estimate of drug-likeness (QED) is 0.605. The molecule has 3 heterocycles. The first kappa shape index (κ1) is 22.6. The Hall–Kier alpha value is -3.63. The normalized spacial score (nSPS) is 16.5. The predicted octanol–water partition coefficient (Wildman–Crippen LogP) is 3.59. The highest BCUT2D eigenvalue weighted by molar-refractivity contribution is 5.92. The molecular formula is C22H27F2N7O2. The molecule has 11 heteroatoms. The summed E-state index contributed by atoms with van der Waals surface area (Å²) in [5, 5.41) is 8.12. The van der Waals surface area contributed by atoms with Crippen LogP contribution in [0.2, 0.25) is 0 Å². The maximum absolute atomic E-state index is 13.0. The number of fused-ring (bicyclic) bond motifs is 1. The summed E-state index contributed by atoms with van der Waals surface area (Å²) in [5.74, 6) is 0.476.